The van der Waals surface area contributed by atoms with Gasteiger partial charge in [0, 0.05) is 30.5 Å². The van der Waals surface area contributed by atoms with Gasteiger partial charge in [-0.05, 0) is 29.2 Å². The number of imidazole rings is 1. The van der Waals surface area contributed by atoms with E-state index in [4.69, 9.17) is 0 Å². The van der Waals surface area contributed by atoms with Crippen LogP contribution in [0, 0.1) is 0 Å². The summed E-state index contributed by atoms with van der Waals surface area (Å²) in [5.41, 5.74) is 3.76. The van der Waals surface area contributed by atoms with Crippen LogP contribution in [0.4, 0.5) is 0 Å². The van der Waals surface area contributed by atoms with Crippen molar-refractivity contribution in [2.24, 2.45) is 0 Å². The molecule has 0 bridgehead atoms. The van der Waals surface area contributed by atoms with Crippen molar-refractivity contribution in [1.29, 1.82) is 0 Å². The number of aromatic nitrogens is 3. The van der Waals surface area contributed by atoms with Crippen LogP contribution in [0.3, 0.4) is 0 Å². The Morgan fingerprint density at radius 2 is 1.95 bits per heavy atom. The topological polar surface area (TPSA) is 30.7 Å². The number of hydrogen-bond donors (Lipinski definition) is 0. The molecule has 0 atom stereocenters. The quantitative estimate of drug-likeness (QED) is 0.641. The lowest BCUT2D eigenvalue weighted by molar-refractivity contribution is 0.818. The van der Waals surface area contributed by atoms with E-state index in [1.54, 1.807) is 18.0 Å². The molecule has 1 aromatic carbocycles. The summed E-state index contributed by atoms with van der Waals surface area (Å²) >= 11 is 1.73. The van der Waals surface area contributed by atoms with Gasteiger partial charge in [-0.3, -0.25) is 9.55 Å². The largest absolute Gasteiger partial charge is 0.295 e. The van der Waals surface area contributed by atoms with E-state index in [-0.39, 0.29) is 0 Å². The molecule has 0 saturated carbocycles. The monoisotopic (exact) mass is 309 g/mol. The fourth-order valence-corrected chi connectivity index (χ4v) is 3.31. The van der Waals surface area contributed by atoms with E-state index < -0.39 is 0 Å². The molecule has 0 fully saturated rings. The smallest absolute Gasteiger partial charge is 0.172 e. The number of thioether (sulfide) groups is 1. The second kappa shape index (κ2) is 6.79. The van der Waals surface area contributed by atoms with Gasteiger partial charge in [0.05, 0.1) is 5.69 Å². The highest BCUT2D eigenvalue weighted by atomic mass is 32.2. The highest BCUT2D eigenvalue weighted by Crippen LogP contribution is 2.28. The Labute approximate surface area is 135 Å². The number of hydrogen-bond acceptors (Lipinski definition) is 3. The van der Waals surface area contributed by atoms with Crippen LogP contribution in [0.15, 0.2) is 66.3 Å². The zero-order valence-electron chi connectivity index (χ0n) is 12.8. The molecule has 3 nitrogen and oxygen atoms in total. The maximum atomic E-state index is 4.51. The van der Waals surface area contributed by atoms with Crippen molar-refractivity contribution in [3.05, 3.63) is 72.3 Å². The fourth-order valence-electron chi connectivity index (χ4n) is 2.41. The molecular formula is C18H19N3S. The van der Waals surface area contributed by atoms with Gasteiger partial charge in [0.1, 0.15) is 0 Å². The standard InChI is InChI=1S/C18H19N3S/c1-14(2)16-7-3-4-8-17(16)21-11-10-20-18(21)22-13-15-6-5-9-19-12-15/h3-12,14H,13H2,1-2H3. The summed E-state index contributed by atoms with van der Waals surface area (Å²) < 4.78 is 2.18. The second-order valence-corrected chi connectivity index (χ2v) is 6.39. The molecule has 3 aromatic rings. The first-order valence-electron chi connectivity index (χ1n) is 7.40. The van der Waals surface area contributed by atoms with E-state index in [2.05, 4.69) is 58.7 Å². The molecule has 0 amide bonds. The van der Waals surface area contributed by atoms with Crippen molar-refractivity contribution >= 4 is 11.8 Å². The minimum Gasteiger partial charge on any atom is -0.295 e. The average molecular weight is 309 g/mol. The summed E-state index contributed by atoms with van der Waals surface area (Å²) in [6, 6.07) is 12.6. The van der Waals surface area contributed by atoms with Crippen molar-refractivity contribution in [1.82, 2.24) is 14.5 Å². The van der Waals surface area contributed by atoms with Crippen molar-refractivity contribution in [2.75, 3.05) is 0 Å². The Morgan fingerprint density at radius 1 is 1.09 bits per heavy atom. The lowest BCUT2D eigenvalue weighted by Gasteiger charge is -2.15. The van der Waals surface area contributed by atoms with Gasteiger partial charge in [0.25, 0.3) is 0 Å². The van der Waals surface area contributed by atoms with E-state index in [1.165, 1.54) is 16.8 Å². The van der Waals surface area contributed by atoms with Crippen molar-refractivity contribution in [3.63, 3.8) is 0 Å². The molecule has 2 heterocycles. The Morgan fingerprint density at radius 3 is 2.73 bits per heavy atom. The molecule has 0 N–H and O–H groups in total. The van der Waals surface area contributed by atoms with Gasteiger partial charge in [-0.25, -0.2) is 4.98 Å². The van der Waals surface area contributed by atoms with E-state index in [0.29, 0.717) is 5.92 Å². The summed E-state index contributed by atoms with van der Waals surface area (Å²) in [4.78, 5) is 8.68. The highest BCUT2D eigenvalue weighted by molar-refractivity contribution is 7.98. The lowest BCUT2D eigenvalue weighted by atomic mass is 10.0. The number of nitrogens with zero attached hydrogens (tertiary/aromatic N) is 3. The molecule has 4 heteroatoms. The molecule has 0 saturated heterocycles. The van der Waals surface area contributed by atoms with E-state index in [1.807, 2.05) is 24.7 Å². The minimum absolute atomic E-state index is 0.481. The predicted octanol–water partition coefficient (Wildman–Crippen LogP) is 4.68. The van der Waals surface area contributed by atoms with Gasteiger partial charge in [0.2, 0.25) is 0 Å². The molecule has 22 heavy (non-hydrogen) atoms. The molecule has 0 aliphatic rings. The van der Waals surface area contributed by atoms with Gasteiger partial charge in [0.15, 0.2) is 5.16 Å². The van der Waals surface area contributed by atoms with Crippen molar-refractivity contribution in [3.8, 4) is 5.69 Å². The summed E-state index contributed by atoms with van der Waals surface area (Å²) in [5.74, 6) is 1.35. The maximum Gasteiger partial charge on any atom is 0.172 e. The van der Waals surface area contributed by atoms with Gasteiger partial charge in [-0.2, -0.15) is 0 Å². The number of benzene rings is 1. The van der Waals surface area contributed by atoms with E-state index in [0.717, 1.165) is 10.9 Å². The Bertz CT molecular complexity index is 735. The summed E-state index contributed by atoms with van der Waals surface area (Å²) in [5, 5.41) is 1.01. The first kappa shape index (κ1) is 14.9. The fraction of sp³-hybridized carbons (Fsp3) is 0.222. The van der Waals surface area contributed by atoms with Gasteiger partial charge >= 0.3 is 0 Å². The molecule has 0 spiro atoms. The zero-order valence-corrected chi connectivity index (χ0v) is 13.6. The van der Waals surface area contributed by atoms with Crippen LogP contribution in [0.1, 0.15) is 30.9 Å². The normalized spacial score (nSPS) is 11.0. The third kappa shape index (κ3) is 3.22. The molecule has 0 aliphatic carbocycles. The summed E-state index contributed by atoms with van der Waals surface area (Å²) in [6.07, 6.45) is 7.60. The maximum absolute atomic E-state index is 4.51. The van der Waals surface area contributed by atoms with Crippen LogP contribution in [-0.2, 0) is 5.75 Å². The third-order valence-electron chi connectivity index (χ3n) is 3.52. The molecule has 0 aliphatic heterocycles. The average Bonchev–Trinajstić information content (AvgIpc) is 3.02. The predicted molar refractivity (Wildman–Crippen MR) is 91.5 cm³/mol. The summed E-state index contributed by atoms with van der Waals surface area (Å²) in [6.45, 7) is 4.44. The molecule has 3 rings (SSSR count). The van der Waals surface area contributed by atoms with Crippen LogP contribution in [0.5, 0.6) is 0 Å². The summed E-state index contributed by atoms with van der Waals surface area (Å²) in [7, 11) is 0. The van der Waals surface area contributed by atoms with E-state index >= 15 is 0 Å². The van der Waals surface area contributed by atoms with Crippen LogP contribution < -0.4 is 0 Å². The Hall–Kier alpha value is -2.07. The third-order valence-corrected chi connectivity index (χ3v) is 4.55. The molecule has 0 unspecified atom stereocenters. The Kier molecular flexibility index (Phi) is 4.59. The van der Waals surface area contributed by atoms with Crippen LogP contribution >= 0.6 is 11.8 Å². The van der Waals surface area contributed by atoms with Crippen molar-refractivity contribution < 1.29 is 0 Å². The van der Waals surface area contributed by atoms with Gasteiger partial charge in [-0.15, -0.1) is 0 Å². The molecule has 0 radical (unpaired) electrons. The number of rotatable bonds is 5. The number of pyridine rings is 1. The van der Waals surface area contributed by atoms with Crippen molar-refractivity contribution in [2.45, 2.75) is 30.7 Å². The minimum atomic E-state index is 0.481. The molecule has 112 valence electrons. The van der Waals surface area contributed by atoms with Crippen LogP contribution in [-0.4, -0.2) is 14.5 Å². The van der Waals surface area contributed by atoms with Crippen LogP contribution in [0.25, 0.3) is 5.69 Å². The lowest BCUT2D eigenvalue weighted by Crippen LogP contribution is -2.01. The van der Waals surface area contributed by atoms with Crippen LogP contribution in [0.2, 0.25) is 0 Å². The Balaban J connectivity index is 1.87. The number of para-hydroxylation sites is 1. The first-order chi connectivity index (χ1) is 10.8. The SMILES string of the molecule is CC(C)c1ccccc1-n1ccnc1SCc1cccnc1. The molecular weight excluding hydrogens is 290 g/mol. The first-order valence-corrected chi connectivity index (χ1v) is 8.38. The van der Waals surface area contributed by atoms with E-state index in [9.17, 15) is 0 Å². The zero-order chi connectivity index (χ0) is 15.4. The van der Waals surface area contributed by atoms with Gasteiger partial charge in [-0.1, -0.05) is 49.9 Å². The highest BCUT2D eigenvalue weighted by Gasteiger charge is 2.11. The van der Waals surface area contributed by atoms with Gasteiger partial charge < -0.3 is 0 Å². The second-order valence-electron chi connectivity index (χ2n) is 5.44. The molecule has 2 aromatic heterocycles.